The molecule has 116 valence electrons. The normalized spacial score (nSPS) is 17.6. The molecule has 1 N–H and O–H groups in total. The Morgan fingerprint density at radius 1 is 1.18 bits per heavy atom. The molecule has 0 radical (unpaired) electrons. The Hall–Kier alpha value is -2.44. The largest absolute Gasteiger partial charge is 0.481 e. The SMILES string of the molecule is COc1cc(NC2CCN(c3nc(C)cc(C)n3)C2)ncn1. The van der Waals surface area contributed by atoms with Gasteiger partial charge in [-0.2, -0.15) is 0 Å². The van der Waals surface area contributed by atoms with Crippen LogP contribution < -0.4 is 15.0 Å². The van der Waals surface area contributed by atoms with Crippen molar-refractivity contribution in [2.45, 2.75) is 26.3 Å². The van der Waals surface area contributed by atoms with Crippen LogP contribution in [0.1, 0.15) is 17.8 Å². The number of methoxy groups -OCH3 is 1. The first kappa shape index (κ1) is 14.5. The van der Waals surface area contributed by atoms with E-state index in [4.69, 9.17) is 4.74 Å². The molecule has 1 fully saturated rings. The molecule has 1 aliphatic rings. The molecule has 0 aromatic carbocycles. The molecule has 22 heavy (non-hydrogen) atoms. The van der Waals surface area contributed by atoms with E-state index in [-0.39, 0.29) is 0 Å². The van der Waals surface area contributed by atoms with Crippen molar-refractivity contribution in [1.29, 1.82) is 0 Å². The van der Waals surface area contributed by atoms with E-state index in [2.05, 4.69) is 30.2 Å². The lowest BCUT2D eigenvalue weighted by atomic mass is 10.2. The molecule has 7 heteroatoms. The average Bonchev–Trinajstić information content (AvgIpc) is 2.95. The number of anilines is 2. The summed E-state index contributed by atoms with van der Waals surface area (Å²) in [4.78, 5) is 19.5. The Morgan fingerprint density at radius 2 is 1.95 bits per heavy atom. The molecular formula is C15H20N6O. The average molecular weight is 300 g/mol. The molecule has 1 aliphatic heterocycles. The Kier molecular flexibility index (Phi) is 4.04. The first-order valence-corrected chi connectivity index (χ1v) is 7.34. The fraction of sp³-hybridized carbons (Fsp3) is 0.467. The number of aryl methyl sites for hydroxylation is 2. The van der Waals surface area contributed by atoms with Gasteiger partial charge in [0.15, 0.2) is 0 Å². The number of nitrogens with one attached hydrogen (secondary N) is 1. The van der Waals surface area contributed by atoms with Crippen LogP contribution >= 0.6 is 0 Å². The predicted octanol–water partition coefficient (Wildman–Crippen LogP) is 1.58. The first-order valence-electron chi connectivity index (χ1n) is 7.34. The molecule has 0 saturated carbocycles. The molecule has 0 aliphatic carbocycles. The van der Waals surface area contributed by atoms with Gasteiger partial charge in [-0.25, -0.2) is 19.9 Å². The molecule has 0 amide bonds. The van der Waals surface area contributed by atoms with Crippen molar-refractivity contribution in [2.24, 2.45) is 0 Å². The van der Waals surface area contributed by atoms with E-state index >= 15 is 0 Å². The molecule has 2 aromatic rings. The van der Waals surface area contributed by atoms with Gasteiger partial charge < -0.3 is 15.0 Å². The summed E-state index contributed by atoms with van der Waals surface area (Å²) in [5.74, 6) is 2.15. The minimum absolute atomic E-state index is 0.309. The maximum Gasteiger partial charge on any atom is 0.225 e. The summed E-state index contributed by atoms with van der Waals surface area (Å²) in [5, 5.41) is 3.42. The number of hydrogen-bond acceptors (Lipinski definition) is 7. The third-order valence-electron chi connectivity index (χ3n) is 3.64. The summed E-state index contributed by atoms with van der Waals surface area (Å²) in [6, 6.07) is 4.10. The van der Waals surface area contributed by atoms with Gasteiger partial charge in [-0.05, 0) is 26.3 Å². The van der Waals surface area contributed by atoms with Gasteiger partial charge in [0, 0.05) is 36.6 Å². The standard InChI is InChI=1S/C15H20N6O/c1-10-6-11(2)19-15(18-10)21-5-4-12(8-21)20-13-7-14(22-3)17-9-16-13/h6-7,9,12H,4-5,8H2,1-3H3,(H,16,17,20). The second kappa shape index (κ2) is 6.13. The zero-order chi connectivity index (χ0) is 15.5. The quantitative estimate of drug-likeness (QED) is 0.918. The van der Waals surface area contributed by atoms with Crippen LogP contribution in [0.4, 0.5) is 11.8 Å². The van der Waals surface area contributed by atoms with Crippen LogP contribution in [0.25, 0.3) is 0 Å². The highest BCUT2D eigenvalue weighted by atomic mass is 16.5. The van der Waals surface area contributed by atoms with Crippen molar-refractivity contribution in [3.05, 3.63) is 29.8 Å². The molecule has 1 unspecified atom stereocenters. The first-order chi connectivity index (χ1) is 10.6. The lowest BCUT2D eigenvalue weighted by molar-refractivity contribution is 0.397. The predicted molar refractivity (Wildman–Crippen MR) is 84.3 cm³/mol. The Morgan fingerprint density at radius 3 is 2.68 bits per heavy atom. The molecule has 1 saturated heterocycles. The minimum Gasteiger partial charge on any atom is -0.481 e. The van der Waals surface area contributed by atoms with Gasteiger partial charge in [-0.1, -0.05) is 0 Å². The summed E-state index contributed by atoms with van der Waals surface area (Å²) in [5.41, 5.74) is 2.00. The van der Waals surface area contributed by atoms with Gasteiger partial charge in [-0.3, -0.25) is 0 Å². The number of rotatable bonds is 4. The van der Waals surface area contributed by atoms with E-state index in [9.17, 15) is 0 Å². The van der Waals surface area contributed by atoms with Gasteiger partial charge in [-0.15, -0.1) is 0 Å². The number of nitrogens with zero attached hydrogens (tertiary/aromatic N) is 5. The Bertz CT molecular complexity index is 642. The molecular weight excluding hydrogens is 280 g/mol. The second-order valence-electron chi connectivity index (χ2n) is 5.47. The number of aromatic nitrogens is 4. The highest BCUT2D eigenvalue weighted by molar-refractivity contribution is 5.41. The van der Waals surface area contributed by atoms with E-state index in [1.165, 1.54) is 6.33 Å². The van der Waals surface area contributed by atoms with Gasteiger partial charge in [0.2, 0.25) is 11.8 Å². The van der Waals surface area contributed by atoms with Crippen LogP contribution in [-0.2, 0) is 0 Å². The van der Waals surface area contributed by atoms with E-state index in [1.807, 2.05) is 19.9 Å². The van der Waals surface area contributed by atoms with E-state index in [1.54, 1.807) is 13.2 Å². The lowest BCUT2D eigenvalue weighted by Gasteiger charge is -2.18. The molecule has 3 heterocycles. The Labute approximate surface area is 129 Å². The summed E-state index contributed by atoms with van der Waals surface area (Å²) >= 11 is 0. The van der Waals surface area contributed by atoms with Crippen LogP contribution in [0.3, 0.4) is 0 Å². The fourth-order valence-corrected chi connectivity index (χ4v) is 2.65. The third-order valence-corrected chi connectivity index (χ3v) is 3.64. The van der Waals surface area contributed by atoms with Crippen molar-refractivity contribution in [2.75, 3.05) is 30.4 Å². The van der Waals surface area contributed by atoms with Gasteiger partial charge >= 0.3 is 0 Å². The molecule has 1 atom stereocenters. The van der Waals surface area contributed by atoms with Gasteiger partial charge in [0.25, 0.3) is 0 Å². The van der Waals surface area contributed by atoms with Crippen LogP contribution in [-0.4, -0.2) is 46.2 Å². The summed E-state index contributed by atoms with van der Waals surface area (Å²) in [6.07, 6.45) is 2.52. The molecule has 2 aromatic heterocycles. The second-order valence-corrected chi connectivity index (χ2v) is 5.47. The topological polar surface area (TPSA) is 76.1 Å². The number of ether oxygens (including phenoxy) is 1. The van der Waals surface area contributed by atoms with Gasteiger partial charge in [0.05, 0.1) is 7.11 Å². The fourth-order valence-electron chi connectivity index (χ4n) is 2.65. The molecule has 7 nitrogen and oxygen atoms in total. The summed E-state index contributed by atoms with van der Waals surface area (Å²) in [7, 11) is 1.60. The van der Waals surface area contributed by atoms with E-state index in [0.29, 0.717) is 11.9 Å². The summed E-state index contributed by atoms with van der Waals surface area (Å²) < 4.78 is 5.11. The monoisotopic (exact) mass is 300 g/mol. The van der Waals surface area contributed by atoms with Crippen LogP contribution in [0.5, 0.6) is 5.88 Å². The molecule has 0 bridgehead atoms. The summed E-state index contributed by atoms with van der Waals surface area (Å²) in [6.45, 7) is 5.78. The zero-order valence-corrected chi connectivity index (χ0v) is 13.1. The van der Waals surface area contributed by atoms with Crippen LogP contribution in [0.2, 0.25) is 0 Å². The number of hydrogen-bond donors (Lipinski definition) is 1. The van der Waals surface area contributed by atoms with Crippen LogP contribution in [0, 0.1) is 13.8 Å². The maximum absolute atomic E-state index is 5.11. The van der Waals surface area contributed by atoms with Crippen molar-refractivity contribution in [1.82, 2.24) is 19.9 Å². The Balaban J connectivity index is 1.66. The smallest absolute Gasteiger partial charge is 0.225 e. The molecule has 3 rings (SSSR count). The van der Waals surface area contributed by atoms with Crippen LogP contribution in [0.15, 0.2) is 18.5 Å². The van der Waals surface area contributed by atoms with E-state index < -0.39 is 0 Å². The van der Waals surface area contributed by atoms with Gasteiger partial charge in [0.1, 0.15) is 12.1 Å². The third kappa shape index (κ3) is 3.24. The van der Waals surface area contributed by atoms with Crippen molar-refractivity contribution in [3.8, 4) is 5.88 Å². The highest BCUT2D eigenvalue weighted by Gasteiger charge is 2.25. The van der Waals surface area contributed by atoms with Crippen molar-refractivity contribution < 1.29 is 4.74 Å². The maximum atomic E-state index is 5.11. The highest BCUT2D eigenvalue weighted by Crippen LogP contribution is 2.20. The minimum atomic E-state index is 0.309. The molecule has 0 spiro atoms. The van der Waals surface area contributed by atoms with E-state index in [0.717, 1.165) is 42.7 Å². The van der Waals surface area contributed by atoms with Crippen molar-refractivity contribution >= 4 is 11.8 Å². The lowest BCUT2D eigenvalue weighted by Crippen LogP contribution is -2.27. The van der Waals surface area contributed by atoms with Crippen molar-refractivity contribution in [3.63, 3.8) is 0 Å². The zero-order valence-electron chi connectivity index (χ0n) is 13.1.